The van der Waals surface area contributed by atoms with Gasteiger partial charge in [-0.15, -0.1) is 0 Å². The molecule has 0 saturated heterocycles. The second-order valence-electron chi connectivity index (χ2n) is 4.88. The van der Waals surface area contributed by atoms with E-state index in [-0.39, 0.29) is 12.3 Å². The maximum absolute atomic E-state index is 10.8. The van der Waals surface area contributed by atoms with E-state index in [1.165, 1.54) is 31.4 Å². The van der Waals surface area contributed by atoms with Crippen molar-refractivity contribution in [3.8, 4) is 11.5 Å². The molecule has 0 amide bonds. The van der Waals surface area contributed by atoms with Gasteiger partial charge in [0.25, 0.3) is 5.69 Å². The maximum Gasteiger partial charge on any atom is 0.269 e. The van der Waals surface area contributed by atoms with Crippen LogP contribution in [0.2, 0.25) is 5.02 Å². The number of rotatable bonds is 7. The molecular formula is C17H13Cl2NO5. The van der Waals surface area contributed by atoms with Gasteiger partial charge in [0.05, 0.1) is 17.1 Å². The second kappa shape index (κ2) is 8.50. The van der Waals surface area contributed by atoms with Crippen molar-refractivity contribution in [2.24, 2.45) is 0 Å². The highest BCUT2D eigenvalue weighted by Gasteiger charge is 2.12. The Morgan fingerprint density at radius 2 is 1.96 bits per heavy atom. The molecule has 2 rings (SSSR count). The number of methoxy groups -OCH3 is 1. The highest BCUT2D eigenvalue weighted by atomic mass is 35.5. The predicted molar refractivity (Wildman–Crippen MR) is 95.3 cm³/mol. The number of halogens is 2. The molecule has 6 nitrogen and oxygen atoms in total. The number of carbonyl (C=O) groups excluding carboxylic acids is 1. The van der Waals surface area contributed by atoms with Crippen LogP contribution < -0.4 is 9.47 Å². The fraction of sp³-hybridized carbons (Fsp3) is 0.118. The quantitative estimate of drug-likeness (QED) is 0.302. The summed E-state index contributed by atoms with van der Waals surface area (Å²) in [5.74, 6) is 0.716. The van der Waals surface area contributed by atoms with Crippen molar-refractivity contribution in [2.45, 2.75) is 6.61 Å². The zero-order valence-corrected chi connectivity index (χ0v) is 14.6. The molecular weight excluding hydrogens is 369 g/mol. The Kier molecular flexibility index (Phi) is 6.38. The molecule has 0 spiro atoms. The Labute approximate surface area is 153 Å². The Morgan fingerprint density at radius 3 is 2.52 bits per heavy atom. The summed E-state index contributed by atoms with van der Waals surface area (Å²) in [7, 11) is 1.46. The first-order valence-electron chi connectivity index (χ1n) is 7.02. The third kappa shape index (κ3) is 5.20. The largest absolute Gasteiger partial charge is 0.493 e. The molecule has 0 aliphatic carbocycles. The second-order valence-corrected chi connectivity index (χ2v) is 5.66. The van der Waals surface area contributed by atoms with E-state index in [0.717, 1.165) is 5.56 Å². The topological polar surface area (TPSA) is 78.7 Å². The summed E-state index contributed by atoms with van der Waals surface area (Å²) >= 11 is 11.5. The molecule has 0 aromatic heterocycles. The van der Waals surface area contributed by atoms with Crippen LogP contribution in [0.4, 0.5) is 5.69 Å². The minimum atomic E-state index is -0.603. The Bertz CT molecular complexity index is 819. The molecule has 0 bridgehead atoms. The van der Waals surface area contributed by atoms with E-state index in [4.69, 9.17) is 32.7 Å². The summed E-state index contributed by atoms with van der Waals surface area (Å²) in [6.07, 6.45) is 2.70. The highest BCUT2D eigenvalue weighted by molar-refractivity contribution is 6.66. The van der Waals surface area contributed by atoms with Crippen LogP contribution in [0.15, 0.2) is 42.5 Å². The van der Waals surface area contributed by atoms with Crippen molar-refractivity contribution in [1.29, 1.82) is 0 Å². The van der Waals surface area contributed by atoms with E-state index in [9.17, 15) is 14.9 Å². The molecule has 0 heterocycles. The highest BCUT2D eigenvalue weighted by Crippen LogP contribution is 2.37. The standard InChI is InChI=1S/C17H13Cl2NO5/c1-24-15-9-12(4-7-16(19)21)8-14(18)17(15)25-10-11-2-5-13(6-3-11)20(22)23/h2-9H,10H2,1H3/b7-4+. The zero-order valence-electron chi connectivity index (χ0n) is 13.1. The third-order valence-electron chi connectivity index (χ3n) is 3.19. The summed E-state index contributed by atoms with van der Waals surface area (Å²) < 4.78 is 10.9. The maximum atomic E-state index is 10.8. The molecule has 25 heavy (non-hydrogen) atoms. The van der Waals surface area contributed by atoms with E-state index < -0.39 is 10.2 Å². The first-order chi connectivity index (χ1) is 11.9. The third-order valence-corrected chi connectivity index (χ3v) is 3.60. The van der Waals surface area contributed by atoms with Crippen molar-refractivity contribution in [3.05, 3.63) is 68.7 Å². The van der Waals surface area contributed by atoms with Crippen molar-refractivity contribution in [2.75, 3.05) is 7.11 Å². The van der Waals surface area contributed by atoms with Crippen LogP contribution in [0.5, 0.6) is 11.5 Å². The number of ether oxygens (including phenoxy) is 2. The molecule has 0 fully saturated rings. The van der Waals surface area contributed by atoms with Crippen molar-refractivity contribution < 1.29 is 19.2 Å². The lowest BCUT2D eigenvalue weighted by atomic mass is 10.2. The van der Waals surface area contributed by atoms with Gasteiger partial charge < -0.3 is 9.47 Å². The lowest BCUT2D eigenvalue weighted by molar-refractivity contribution is -0.384. The number of allylic oxidation sites excluding steroid dienone is 1. The molecule has 2 aromatic rings. The molecule has 0 atom stereocenters. The fourth-order valence-corrected chi connectivity index (χ4v) is 2.34. The number of carbonyl (C=O) groups is 1. The Hall–Kier alpha value is -2.57. The first kappa shape index (κ1) is 18.8. The van der Waals surface area contributed by atoms with Gasteiger partial charge in [-0.2, -0.15) is 0 Å². The SMILES string of the molecule is COc1cc(/C=C/C(=O)Cl)cc(Cl)c1OCc1ccc([N+](=O)[O-])cc1. The van der Waals surface area contributed by atoms with Gasteiger partial charge in [0, 0.05) is 12.1 Å². The van der Waals surface area contributed by atoms with Gasteiger partial charge in [-0.3, -0.25) is 14.9 Å². The Balaban J connectivity index is 2.18. The van der Waals surface area contributed by atoms with Gasteiger partial charge in [0.15, 0.2) is 11.5 Å². The van der Waals surface area contributed by atoms with E-state index in [0.29, 0.717) is 22.1 Å². The van der Waals surface area contributed by atoms with Crippen LogP contribution in [0, 0.1) is 10.1 Å². The molecule has 0 aliphatic rings. The Morgan fingerprint density at radius 1 is 1.28 bits per heavy atom. The summed E-state index contributed by atoms with van der Waals surface area (Å²) in [6, 6.07) is 9.24. The van der Waals surface area contributed by atoms with Crippen LogP contribution in [-0.4, -0.2) is 17.3 Å². The van der Waals surface area contributed by atoms with Crippen molar-refractivity contribution in [1.82, 2.24) is 0 Å². The molecule has 0 aliphatic heterocycles. The van der Waals surface area contributed by atoms with Crippen LogP contribution >= 0.6 is 23.2 Å². The predicted octanol–water partition coefficient (Wildman–Crippen LogP) is 4.61. The number of hydrogen-bond acceptors (Lipinski definition) is 5. The first-order valence-corrected chi connectivity index (χ1v) is 7.77. The lowest BCUT2D eigenvalue weighted by Gasteiger charge is -2.13. The summed E-state index contributed by atoms with van der Waals surface area (Å²) in [4.78, 5) is 21.0. The van der Waals surface area contributed by atoms with Crippen LogP contribution in [0.1, 0.15) is 11.1 Å². The van der Waals surface area contributed by atoms with Crippen LogP contribution in [0.3, 0.4) is 0 Å². The van der Waals surface area contributed by atoms with Gasteiger partial charge in [-0.05, 0) is 59.1 Å². The molecule has 130 valence electrons. The number of nitro groups is 1. The van der Waals surface area contributed by atoms with Crippen LogP contribution in [0.25, 0.3) is 6.08 Å². The minimum Gasteiger partial charge on any atom is -0.493 e. The number of non-ortho nitro benzene ring substituents is 1. The number of nitro benzene ring substituents is 1. The normalized spacial score (nSPS) is 10.7. The minimum absolute atomic E-state index is 0.00402. The summed E-state index contributed by atoms with van der Waals surface area (Å²) in [6.45, 7) is 0.156. The van der Waals surface area contributed by atoms with E-state index in [1.807, 2.05) is 0 Å². The van der Waals surface area contributed by atoms with E-state index in [1.54, 1.807) is 24.3 Å². The molecule has 0 radical (unpaired) electrons. The average molecular weight is 382 g/mol. The van der Waals surface area contributed by atoms with Crippen LogP contribution in [-0.2, 0) is 11.4 Å². The fourth-order valence-electron chi connectivity index (χ4n) is 2.01. The molecule has 0 unspecified atom stereocenters. The summed E-state index contributed by atoms with van der Waals surface area (Å²) in [5, 5.41) is 10.3. The van der Waals surface area contributed by atoms with Crippen molar-refractivity contribution >= 4 is 40.2 Å². The summed E-state index contributed by atoms with van der Waals surface area (Å²) in [5.41, 5.74) is 1.36. The molecule has 0 saturated carbocycles. The lowest BCUT2D eigenvalue weighted by Crippen LogP contribution is -1.99. The monoisotopic (exact) mass is 381 g/mol. The average Bonchev–Trinajstić information content (AvgIpc) is 2.58. The van der Waals surface area contributed by atoms with E-state index >= 15 is 0 Å². The van der Waals surface area contributed by atoms with Gasteiger partial charge in [-0.25, -0.2) is 0 Å². The molecule has 0 N–H and O–H groups in total. The smallest absolute Gasteiger partial charge is 0.269 e. The van der Waals surface area contributed by atoms with E-state index in [2.05, 4.69) is 0 Å². The van der Waals surface area contributed by atoms with Gasteiger partial charge in [0.1, 0.15) is 6.61 Å². The number of benzene rings is 2. The van der Waals surface area contributed by atoms with Gasteiger partial charge in [-0.1, -0.05) is 11.6 Å². The molecule has 2 aromatic carbocycles. The molecule has 8 heteroatoms. The number of hydrogen-bond donors (Lipinski definition) is 0. The number of nitrogens with zero attached hydrogens (tertiary/aromatic N) is 1. The zero-order chi connectivity index (χ0) is 18.4. The van der Waals surface area contributed by atoms with Gasteiger partial charge >= 0.3 is 0 Å². The van der Waals surface area contributed by atoms with Gasteiger partial charge in [0.2, 0.25) is 5.24 Å². The van der Waals surface area contributed by atoms with Crippen molar-refractivity contribution in [3.63, 3.8) is 0 Å².